The second-order valence-electron chi connectivity index (χ2n) is 1.81. The number of aliphatic hydroxyl groups is 5. The first-order valence-corrected chi connectivity index (χ1v) is 2.43. The average Bonchev–Trinajstić information content (AvgIpc) is 1.64. The molecule has 0 atom stereocenters. The van der Waals surface area contributed by atoms with E-state index in [2.05, 4.69) is 0 Å². The first-order chi connectivity index (χ1) is 3.81. The van der Waals surface area contributed by atoms with Gasteiger partial charge in [0.1, 0.15) is 0 Å². The molecule has 0 spiro atoms. The fraction of sp³-hybridized carbons (Fsp3) is 1.00. The normalized spacial score (nSPS) is 14.0. The van der Waals surface area contributed by atoms with Gasteiger partial charge in [-0.3, -0.25) is 0 Å². The summed E-state index contributed by atoms with van der Waals surface area (Å²) in [4.78, 5) is 0. The molecule has 0 radical (unpaired) electrons. The molecule has 0 aromatic carbocycles. The van der Waals surface area contributed by atoms with Crippen LogP contribution in [-0.4, -0.2) is 37.3 Å². The van der Waals surface area contributed by atoms with E-state index < -0.39 is 11.8 Å². The molecule has 0 heterocycles. The minimum atomic E-state index is -3.44. The largest absolute Gasteiger partial charge is 0.359 e. The van der Waals surface area contributed by atoms with Gasteiger partial charge >= 0.3 is 5.97 Å². The van der Waals surface area contributed by atoms with Gasteiger partial charge in [-0.25, -0.2) is 0 Å². The summed E-state index contributed by atoms with van der Waals surface area (Å²) >= 11 is 0. The molecule has 0 aliphatic rings. The van der Waals surface area contributed by atoms with Crippen LogP contribution in [0.4, 0.5) is 0 Å². The molecule has 0 rings (SSSR count). The molecule has 0 fully saturated rings. The lowest BCUT2D eigenvalue weighted by Crippen LogP contribution is -2.53. The summed E-state index contributed by atoms with van der Waals surface area (Å²) in [6, 6.07) is 0. The molecule has 56 valence electrons. The van der Waals surface area contributed by atoms with Crippen LogP contribution in [-0.2, 0) is 0 Å². The molecule has 0 aliphatic heterocycles. The number of rotatable bonds is 2. The zero-order valence-corrected chi connectivity index (χ0v) is 4.94. The fourth-order valence-corrected chi connectivity index (χ4v) is 0.237. The van der Waals surface area contributed by atoms with Gasteiger partial charge in [0, 0.05) is 6.42 Å². The summed E-state index contributed by atoms with van der Waals surface area (Å²) in [5.74, 6) is -6.30. The maximum Gasteiger partial charge on any atom is 0.332 e. The monoisotopic (exact) mass is 138 g/mol. The maximum absolute atomic E-state index is 8.47. The van der Waals surface area contributed by atoms with E-state index in [0.29, 0.717) is 0 Å². The third-order valence-electron chi connectivity index (χ3n) is 1.03. The summed E-state index contributed by atoms with van der Waals surface area (Å²) < 4.78 is 0. The minimum absolute atomic E-state index is 0.378. The lowest BCUT2D eigenvalue weighted by molar-refractivity contribution is -0.446. The van der Waals surface area contributed by atoms with Crippen LogP contribution in [0.15, 0.2) is 0 Å². The Balaban J connectivity index is 4.14. The maximum atomic E-state index is 8.47. The molecule has 5 nitrogen and oxygen atoms in total. The van der Waals surface area contributed by atoms with E-state index in [1.807, 2.05) is 0 Å². The second kappa shape index (κ2) is 2.20. The molecular formula is C4H10O5. The quantitative estimate of drug-likeness (QED) is 0.276. The van der Waals surface area contributed by atoms with Crippen molar-refractivity contribution in [2.75, 3.05) is 0 Å². The third kappa shape index (κ3) is 1.88. The average molecular weight is 138 g/mol. The zero-order valence-electron chi connectivity index (χ0n) is 4.94. The Labute approximate surface area is 51.8 Å². The Bertz CT molecular complexity index is 91.6. The van der Waals surface area contributed by atoms with Gasteiger partial charge in [0.2, 0.25) is 5.79 Å². The van der Waals surface area contributed by atoms with Crippen LogP contribution in [0.1, 0.15) is 13.3 Å². The van der Waals surface area contributed by atoms with E-state index in [4.69, 9.17) is 25.5 Å². The predicted octanol–water partition coefficient (Wildman–Crippen LogP) is -2.29. The molecule has 5 N–H and O–H groups in total. The summed E-state index contributed by atoms with van der Waals surface area (Å²) in [6.07, 6.45) is -0.378. The molecule has 5 heteroatoms. The van der Waals surface area contributed by atoms with Crippen molar-refractivity contribution in [1.82, 2.24) is 0 Å². The Morgan fingerprint density at radius 3 is 1.33 bits per heavy atom. The van der Waals surface area contributed by atoms with Gasteiger partial charge in [0.05, 0.1) is 0 Å². The molecule has 0 aromatic heterocycles. The van der Waals surface area contributed by atoms with Crippen molar-refractivity contribution in [3.05, 3.63) is 0 Å². The highest BCUT2D eigenvalue weighted by Gasteiger charge is 2.44. The van der Waals surface area contributed by atoms with E-state index in [1.165, 1.54) is 6.92 Å². The van der Waals surface area contributed by atoms with E-state index in [-0.39, 0.29) is 6.42 Å². The Morgan fingerprint density at radius 2 is 1.33 bits per heavy atom. The molecule has 0 aliphatic carbocycles. The van der Waals surface area contributed by atoms with Crippen molar-refractivity contribution in [2.45, 2.75) is 25.1 Å². The lowest BCUT2D eigenvalue weighted by atomic mass is 10.2. The summed E-state index contributed by atoms with van der Waals surface area (Å²) in [5.41, 5.74) is 0. The van der Waals surface area contributed by atoms with E-state index in [0.717, 1.165) is 0 Å². The highest BCUT2D eigenvalue weighted by molar-refractivity contribution is 4.69. The highest BCUT2D eigenvalue weighted by Crippen LogP contribution is 2.16. The van der Waals surface area contributed by atoms with Crippen LogP contribution in [0, 0.1) is 0 Å². The summed E-state index contributed by atoms with van der Waals surface area (Å²) in [7, 11) is 0. The van der Waals surface area contributed by atoms with Gasteiger partial charge in [0.25, 0.3) is 0 Å². The number of hydrogen-bond donors (Lipinski definition) is 5. The van der Waals surface area contributed by atoms with Gasteiger partial charge in [-0.2, -0.15) is 0 Å². The Morgan fingerprint density at radius 1 is 1.00 bits per heavy atom. The first kappa shape index (κ1) is 8.80. The SMILES string of the molecule is CCC(O)(O)C(O)(O)O. The van der Waals surface area contributed by atoms with Crippen molar-refractivity contribution in [2.24, 2.45) is 0 Å². The molecule has 0 saturated heterocycles. The Hall–Kier alpha value is -0.200. The van der Waals surface area contributed by atoms with Gasteiger partial charge in [0.15, 0.2) is 0 Å². The van der Waals surface area contributed by atoms with E-state index >= 15 is 0 Å². The van der Waals surface area contributed by atoms with Gasteiger partial charge in [-0.15, -0.1) is 0 Å². The molecular weight excluding hydrogens is 128 g/mol. The first-order valence-electron chi connectivity index (χ1n) is 2.43. The summed E-state index contributed by atoms with van der Waals surface area (Å²) in [6.45, 7) is 1.28. The van der Waals surface area contributed by atoms with E-state index in [9.17, 15) is 0 Å². The smallest absolute Gasteiger partial charge is 0.332 e. The van der Waals surface area contributed by atoms with Crippen molar-refractivity contribution < 1.29 is 25.5 Å². The third-order valence-corrected chi connectivity index (χ3v) is 1.03. The van der Waals surface area contributed by atoms with Gasteiger partial charge in [-0.05, 0) is 0 Å². The zero-order chi connectivity index (χ0) is 7.71. The molecule has 0 aromatic rings. The minimum Gasteiger partial charge on any atom is -0.359 e. The number of hydrogen-bond acceptors (Lipinski definition) is 5. The van der Waals surface area contributed by atoms with Crippen LogP contribution in [0.25, 0.3) is 0 Å². The van der Waals surface area contributed by atoms with Crippen molar-refractivity contribution in [3.8, 4) is 0 Å². The predicted molar refractivity (Wildman–Crippen MR) is 26.8 cm³/mol. The molecule has 0 unspecified atom stereocenters. The standard InChI is InChI=1S/C4H10O5/c1-2-3(5,6)4(7,8)9/h5-9H,2H2,1H3. The van der Waals surface area contributed by atoms with Crippen molar-refractivity contribution in [1.29, 1.82) is 0 Å². The second-order valence-corrected chi connectivity index (χ2v) is 1.81. The molecule has 9 heavy (non-hydrogen) atoms. The van der Waals surface area contributed by atoms with Crippen molar-refractivity contribution >= 4 is 0 Å². The van der Waals surface area contributed by atoms with Crippen molar-refractivity contribution in [3.63, 3.8) is 0 Å². The molecule has 0 amide bonds. The lowest BCUT2D eigenvalue weighted by Gasteiger charge is -2.28. The molecule has 0 saturated carbocycles. The Kier molecular flexibility index (Phi) is 2.15. The van der Waals surface area contributed by atoms with Crippen LogP contribution in [0.2, 0.25) is 0 Å². The van der Waals surface area contributed by atoms with E-state index in [1.54, 1.807) is 0 Å². The van der Waals surface area contributed by atoms with Gasteiger partial charge < -0.3 is 25.5 Å². The van der Waals surface area contributed by atoms with Crippen LogP contribution in [0.5, 0.6) is 0 Å². The topological polar surface area (TPSA) is 101 Å². The fourth-order valence-electron chi connectivity index (χ4n) is 0.237. The van der Waals surface area contributed by atoms with Crippen LogP contribution in [0.3, 0.4) is 0 Å². The van der Waals surface area contributed by atoms with Crippen LogP contribution >= 0.6 is 0 Å². The van der Waals surface area contributed by atoms with Gasteiger partial charge in [-0.1, -0.05) is 6.92 Å². The highest BCUT2D eigenvalue weighted by atomic mass is 16.7. The summed E-state index contributed by atoms with van der Waals surface area (Å²) in [5, 5.41) is 41.4. The van der Waals surface area contributed by atoms with Crippen LogP contribution < -0.4 is 0 Å². The molecule has 0 bridgehead atoms.